The monoisotopic (exact) mass is 345 g/mol. The highest BCUT2D eigenvalue weighted by Gasteiger charge is 2.37. The molecule has 2 fully saturated rings. The van der Waals surface area contributed by atoms with Crippen molar-refractivity contribution in [3.63, 3.8) is 0 Å². The Morgan fingerprint density at radius 2 is 1.96 bits per heavy atom. The number of pyridine rings is 1. The molecule has 2 aromatic rings. The van der Waals surface area contributed by atoms with Crippen molar-refractivity contribution in [1.82, 2.24) is 19.9 Å². The number of nitrogen functional groups attached to an aromatic ring is 1. The topological polar surface area (TPSA) is 95.0 Å². The molecule has 2 aliphatic rings. The summed E-state index contributed by atoms with van der Waals surface area (Å²) in [7, 11) is 0. The van der Waals surface area contributed by atoms with E-state index < -0.39 is 0 Å². The number of fused-ring (bicyclic) bond motifs is 1. The summed E-state index contributed by atoms with van der Waals surface area (Å²) in [5, 5.41) is 8.94. The first-order valence-corrected chi connectivity index (χ1v) is 8.70. The molecule has 4 heterocycles. The molecule has 0 radical (unpaired) electrons. The van der Waals surface area contributed by atoms with Crippen molar-refractivity contribution in [3.05, 3.63) is 42.0 Å². The van der Waals surface area contributed by atoms with Crippen LogP contribution in [0.4, 0.5) is 11.6 Å². The summed E-state index contributed by atoms with van der Waals surface area (Å²) in [5.74, 6) is 7.75. The molecule has 0 aromatic carbocycles. The molecule has 0 saturated carbocycles. The lowest BCUT2D eigenvalue weighted by Crippen LogP contribution is -2.52. The van der Waals surface area contributed by atoms with Gasteiger partial charge in [-0.05, 0) is 30.9 Å². The third-order valence-corrected chi connectivity index (χ3v) is 4.94. The van der Waals surface area contributed by atoms with Crippen LogP contribution >= 0.6 is 0 Å². The van der Waals surface area contributed by atoms with Gasteiger partial charge >= 0.3 is 0 Å². The highest BCUT2D eigenvalue weighted by Crippen LogP contribution is 2.30. The van der Waals surface area contributed by atoms with E-state index in [2.05, 4.69) is 36.6 Å². The van der Waals surface area contributed by atoms with Crippen LogP contribution in [0.25, 0.3) is 0 Å². The molecular formula is C19H19N7. The van der Waals surface area contributed by atoms with E-state index in [0.717, 1.165) is 38.3 Å². The summed E-state index contributed by atoms with van der Waals surface area (Å²) < 4.78 is 0. The van der Waals surface area contributed by atoms with Crippen LogP contribution in [0.5, 0.6) is 0 Å². The van der Waals surface area contributed by atoms with E-state index in [1.54, 1.807) is 18.5 Å². The molecule has 0 amide bonds. The zero-order chi connectivity index (χ0) is 17.9. The number of aromatic nitrogens is 3. The first-order valence-electron chi connectivity index (χ1n) is 8.70. The van der Waals surface area contributed by atoms with Gasteiger partial charge in [0.05, 0.1) is 6.04 Å². The lowest BCUT2D eigenvalue weighted by molar-refractivity contribution is 0.202. The van der Waals surface area contributed by atoms with Gasteiger partial charge in [-0.15, -0.1) is 0 Å². The van der Waals surface area contributed by atoms with Gasteiger partial charge in [0.1, 0.15) is 17.5 Å². The van der Waals surface area contributed by atoms with E-state index in [9.17, 15) is 0 Å². The largest absolute Gasteiger partial charge is 0.381 e. The van der Waals surface area contributed by atoms with Crippen LogP contribution in [0.3, 0.4) is 0 Å². The van der Waals surface area contributed by atoms with Gasteiger partial charge in [-0.2, -0.15) is 5.26 Å². The zero-order valence-corrected chi connectivity index (χ0v) is 14.3. The van der Waals surface area contributed by atoms with Gasteiger partial charge in [-0.1, -0.05) is 12.0 Å². The second-order valence-electron chi connectivity index (χ2n) is 6.49. The van der Waals surface area contributed by atoms with E-state index in [1.807, 2.05) is 18.2 Å². The van der Waals surface area contributed by atoms with Crippen molar-refractivity contribution in [1.29, 1.82) is 5.26 Å². The Morgan fingerprint density at radius 3 is 2.81 bits per heavy atom. The summed E-state index contributed by atoms with van der Waals surface area (Å²) >= 11 is 0. The number of nitrogens with zero attached hydrogens (tertiary/aromatic N) is 6. The van der Waals surface area contributed by atoms with Crippen LogP contribution in [-0.2, 0) is 0 Å². The first kappa shape index (κ1) is 16.3. The number of nitrogens with two attached hydrogens (primary N) is 1. The second-order valence-corrected chi connectivity index (χ2v) is 6.49. The Labute approximate surface area is 152 Å². The highest BCUT2D eigenvalue weighted by atomic mass is 15.3. The van der Waals surface area contributed by atoms with Gasteiger partial charge in [-0.3, -0.25) is 4.90 Å². The van der Waals surface area contributed by atoms with Crippen molar-refractivity contribution in [2.45, 2.75) is 24.9 Å². The van der Waals surface area contributed by atoms with Gasteiger partial charge in [0.2, 0.25) is 0 Å². The summed E-state index contributed by atoms with van der Waals surface area (Å²) in [6.45, 7) is 2.68. The number of hydrogen-bond donors (Lipinski definition) is 1. The fourth-order valence-electron chi connectivity index (χ4n) is 3.71. The SMILES string of the molecule is N#Cc1cccc(C#C[C@H]2CC[C@H]3CN(c4nccnc4N)CCN32)n1. The Balaban J connectivity index is 1.46. The molecular weight excluding hydrogens is 326 g/mol. The van der Waals surface area contributed by atoms with Gasteiger partial charge in [0.25, 0.3) is 0 Å². The fourth-order valence-corrected chi connectivity index (χ4v) is 3.71. The lowest BCUT2D eigenvalue weighted by Gasteiger charge is -2.39. The Bertz CT molecular complexity index is 908. The second kappa shape index (κ2) is 6.99. The standard InChI is InChI=1S/C19H19N7/c20-12-15-3-1-2-14(24-15)4-5-16-6-7-17-13-25(10-11-26(16)17)19-18(21)22-8-9-23-19/h1-3,8-9,16-17H,6-7,10-11,13H2,(H2,21,22)/t16-,17-/m0/s1. The van der Waals surface area contributed by atoms with Gasteiger partial charge in [0, 0.05) is 38.1 Å². The van der Waals surface area contributed by atoms with Crippen molar-refractivity contribution >= 4 is 11.6 Å². The molecule has 0 aliphatic carbocycles. The van der Waals surface area contributed by atoms with Crippen LogP contribution < -0.4 is 10.6 Å². The predicted molar refractivity (Wildman–Crippen MR) is 98.0 cm³/mol. The van der Waals surface area contributed by atoms with E-state index in [0.29, 0.717) is 23.2 Å². The summed E-state index contributed by atoms with van der Waals surface area (Å²) in [5.41, 5.74) is 7.02. The predicted octanol–water partition coefficient (Wildman–Crippen LogP) is 1.03. The average Bonchev–Trinajstić information content (AvgIpc) is 3.09. The minimum Gasteiger partial charge on any atom is -0.381 e. The Hall–Kier alpha value is -3.16. The molecule has 0 unspecified atom stereocenters. The Morgan fingerprint density at radius 1 is 1.12 bits per heavy atom. The number of piperazine rings is 1. The molecule has 0 bridgehead atoms. The minimum absolute atomic E-state index is 0.230. The van der Waals surface area contributed by atoms with Crippen LogP contribution in [0.1, 0.15) is 24.2 Å². The zero-order valence-electron chi connectivity index (χ0n) is 14.3. The quantitative estimate of drug-likeness (QED) is 0.771. The molecule has 2 aliphatic heterocycles. The average molecular weight is 345 g/mol. The minimum atomic E-state index is 0.230. The molecule has 4 rings (SSSR count). The van der Waals surface area contributed by atoms with Gasteiger partial charge in [-0.25, -0.2) is 15.0 Å². The molecule has 2 N–H and O–H groups in total. The highest BCUT2D eigenvalue weighted by molar-refractivity contribution is 5.57. The van der Waals surface area contributed by atoms with Crippen molar-refractivity contribution in [2.24, 2.45) is 0 Å². The van der Waals surface area contributed by atoms with Crippen molar-refractivity contribution in [2.75, 3.05) is 30.3 Å². The van der Waals surface area contributed by atoms with Crippen LogP contribution in [-0.4, -0.2) is 51.6 Å². The summed E-state index contributed by atoms with van der Waals surface area (Å²) in [6.07, 6.45) is 5.44. The molecule has 2 atom stereocenters. The molecule has 2 saturated heterocycles. The number of hydrogen-bond acceptors (Lipinski definition) is 7. The van der Waals surface area contributed by atoms with Crippen LogP contribution in [0.2, 0.25) is 0 Å². The molecule has 7 heteroatoms. The number of anilines is 2. The smallest absolute Gasteiger partial charge is 0.171 e. The normalized spacial score (nSPS) is 22.2. The van der Waals surface area contributed by atoms with Gasteiger partial charge < -0.3 is 10.6 Å². The van der Waals surface area contributed by atoms with E-state index in [-0.39, 0.29) is 6.04 Å². The number of nitriles is 1. The maximum atomic E-state index is 8.94. The Kier molecular flexibility index (Phi) is 4.39. The van der Waals surface area contributed by atoms with Crippen LogP contribution in [0, 0.1) is 23.2 Å². The number of rotatable bonds is 1. The third-order valence-electron chi connectivity index (χ3n) is 4.94. The molecule has 130 valence electrons. The first-order chi connectivity index (χ1) is 12.7. The van der Waals surface area contributed by atoms with E-state index in [4.69, 9.17) is 11.0 Å². The molecule has 7 nitrogen and oxygen atoms in total. The van der Waals surface area contributed by atoms with Crippen molar-refractivity contribution < 1.29 is 0 Å². The maximum Gasteiger partial charge on any atom is 0.171 e. The van der Waals surface area contributed by atoms with Crippen molar-refractivity contribution in [3.8, 4) is 17.9 Å². The fraction of sp³-hybridized carbons (Fsp3) is 0.368. The van der Waals surface area contributed by atoms with Gasteiger partial charge in [0.15, 0.2) is 11.6 Å². The lowest BCUT2D eigenvalue weighted by atomic mass is 10.1. The molecule has 0 spiro atoms. The maximum absolute atomic E-state index is 8.94. The third kappa shape index (κ3) is 3.17. The van der Waals surface area contributed by atoms with Crippen LogP contribution in [0.15, 0.2) is 30.6 Å². The van der Waals surface area contributed by atoms with E-state index in [1.165, 1.54) is 0 Å². The summed E-state index contributed by atoms with van der Waals surface area (Å²) in [6, 6.07) is 8.07. The summed E-state index contributed by atoms with van der Waals surface area (Å²) in [4.78, 5) is 17.4. The van der Waals surface area contributed by atoms with E-state index >= 15 is 0 Å². The molecule has 2 aromatic heterocycles. The molecule has 26 heavy (non-hydrogen) atoms.